The Hall–Kier alpha value is -4.94. The van der Waals surface area contributed by atoms with Crippen molar-refractivity contribution in [3.63, 3.8) is 0 Å². The van der Waals surface area contributed by atoms with Crippen LogP contribution in [0.4, 0.5) is 4.79 Å². The first kappa shape index (κ1) is 25.2. The van der Waals surface area contributed by atoms with Gasteiger partial charge in [-0.1, -0.05) is 42.5 Å². The van der Waals surface area contributed by atoms with Gasteiger partial charge in [-0.2, -0.15) is 15.8 Å². The van der Waals surface area contributed by atoms with Gasteiger partial charge in [-0.05, 0) is 28.8 Å². The lowest BCUT2D eigenvalue weighted by molar-refractivity contribution is 0.0898. The molecular weight excluding hydrogens is 470 g/mol. The molecule has 0 spiro atoms. The number of fused-ring (bicyclic) bond motifs is 1. The monoisotopic (exact) mass is 495 g/mol. The Morgan fingerprint density at radius 3 is 2.41 bits per heavy atom. The highest BCUT2D eigenvalue weighted by Crippen LogP contribution is 2.54. The summed E-state index contributed by atoms with van der Waals surface area (Å²) in [7, 11) is 3.00. The number of carbonyl (C=O) groups is 1. The summed E-state index contributed by atoms with van der Waals surface area (Å²) in [6.45, 7) is 0.428. The molecule has 186 valence electrons. The number of benzene rings is 2. The van der Waals surface area contributed by atoms with Gasteiger partial charge in [0.1, 0.15) is 12.7 Å². The van der Waals surface area contributed by atoms with Crippen molar-refractivity contribution in [2.45, 2.75) is 12.5 Å². The summed E-state index contributed by atoms with van der Waals surface area (Å²) in [6, 6.07) is 20.7. The third-order valence-corrected chi connectivity index (χ3v) is 6.89. The van der Waals surface area contributed by atoms with E-state index < -0.39 is 23.3 Å². The van der Waals surface area contributed by atoms with Gasteiger partial charge in [-0.15, -0.1) is 0 Å². The van der Waals surface area contributed by atoms with Gasteiger partial charge in [-0.3, -0.25) is 0 Å². The fourth-order valence-corrected chi connectivity index (χ4v) is 5.06. The van der Waals surface area contributed by atoms with E-state index in [4.69, 9.17) is 19.9 Å². The summed E-state index contributed by atoms with van der Waals surface area (Å²) >= 11 is 0. The zero-order chi connectivity index (χ0) is 26.6. The van der Waals surface area contributed by atoms with Gasteiger partial charge in [0.15, 0.2) is 16.9 Å². The second-order valence-electron chi connectivity index (χ2n) is 8.74. The number of methoxy groups -OCH3 is 2. The van der Waals surface area contributed by atoms with Crippen LogP contribution in [0.5, 0.6) is 11.5 Å². The summed E-state index contributed by atoms with van der Waals surface area (Å²) in [4.78, 5) is 14.5. The number of carbonyl (C=O) groups excluding carboxylic acids is 1. The Balaban J connectivity index is 1.77. The van der Waals surface area contributed by atoms with E-state index in [9.17, 15) is 20.6 Å². The summed E-state index contributed by atoms with van der Waals surface area (Å²) in [5.41, 5.74) is 6.57. The number of hydrogen-bond donors (Lipinski definition) is 1. The molecule has 1 heterocycles. The van der Waals surface area contributed by atoms with Gasteiger partial charge in [0.05, 0.1) is 37.6 Å². The van der Waals surface area contributed by atoms with Crippen molar-refractivity contribution in [2.75, 3.05) is 27.3 Å². The lowest BCUT2D eigenvalue weighted by atomic mass is 9.58. The number of ether oxygens (including phenoxy) is 3. The Bertz CT molecular complexity index is 1380. The SMILES string of the molecule is COc1ccc([C@H]2[C@H]3CN(C(=O)OCc4ccccc4)CC=C3C(C#N)=C(N)C2(C#N)C#N)cc1OC. The van der Waals surface area contributed by atoms with E-state index in [0.717, 1.165) is 5.56 Å². The topological polar surface area (TPSA) is 145 Å². The number of nitriles is 3. The maximum Gasteiger partial charge on any atom is 0.410 e. The predicted molar refractivity (Wildman–Crippen MR) is 133 cm³/mol. The molecule has 0 radical (unpaired) electrons. The maximum atomic E-state index is 13.0. The first-order valence-electron chi connectivity index (χ1n) is 11.5. The van der Waals surface area contributed by atoms with E-state index >= 15 is 0 Å². The first-order valence-corrected chi connectivity index (χ1v) is 11.5. The lowest BCUT2D eigenvalue weighted by Gasteiger charge is -2.45. The van der Waals surface area contributed by atoms with Crippen LogP contribution in [0.1, 0.15) is 17.0 Å². The fourth-order valence-electron chi connectivity index (χ4n) is 5.06. The highest BCUT2D eigenvalue weighted by molar-refractivity contribution is 5.69. The van der Waals surface area contributed by atoms with Crippen molar-refractivity contribution in [3.8, 4) is 29.7 Å². The van der Waals surface area contributed by atoms with Crippen LogP contribution in [-0.2, 0) is 11.3 Å². The number of hydrogen-bond acceptors (Lipinski definition) is 8. The van der Waals surface area contributed by atoms with Crippen LogP contribution in [0.3, 0.4) is 0 Å². The number of rotatable bonds is 5. The molecule has 1 amide bonds. The second kappa shape index (κ2) is 10.4. The van der Waals surface area contributed by atoms with Crippen LogP contribution >= 0.6 is 0 Å². The lowest BCUT2D eigenvalue weighted by Crippen LogP contribution is -2.49. The number of nitrogens with zero attached hydrogens (tertiary/aromatic N) is 4. The molecule has 2 aromatic carbocycles. The van der Waals surface area contributed by atoms with E-state index in [1.807, 2.05) is 30.3 Å². The maximum absolute atomic E-state index is 13.0. The molecule has 2 atom stereocenters. The molecule has 37 heavy (non-hydrogen) atoms. The number of nitrogens with two attached hydrogens (primary N) is 1. The van der Waals surface area contributed by atoms with Crippen molar-refractivity contribution in [1.29, 1.82) is 15.8 Å². The van der Waals surface area contributed by atoms with E-state index in [-0.39, 0.29) is 31.0 Å². The Kier molecular flexibility index (Phi) is 7.04. The molecule has 0 saturated heterocycles. The van der Waals surface area contributed by atoms with Crippen molar-refractivity contribution in [2.24, 2.45) is 17.1 Å². The molecule has 0 bridgehead atoms. The minimum Gasteiger partial charge on any atom is -0.493 e. The molecule has 1 aliphatic carbocycles. The Morgan fingerprint density at radius 2 is 1.78 bits per heavy atom. The standard InChI is InChI=1S/C28H25N5O4/c1-35-23-9-8-19(12-24(23)36-2)25-22-14-33(27(34)37-15-18-6-4-3-5-7-18)11-10-20(22)21(13-29)26(32)28(25,16-30)17-31/h3-10,12,22,25H,11,14-15,32H2,1-2H3/t22-,25-/m0/s1. The molecule has 0 saturated carbocycles. The third-order valence-electron chi connectivity index (χ3n) is 6.89. The molecule has 0 aromatic heterocycles. The molecule has 9 heteroatoms. The van der Waals surface area contributed by atoms with Crippen LogP contribution in [0.25, 0.3) is 0 Å². The van der Waals surface area contributed by atoms with Crippen molar-refractivity contribution in [3.05, 3.63) is 82.6 Å². The molecule has 0 unspecified atom stereocenters. The molecule has 4 rings (SSSR count). The molecule has 1 aliphatic heterocycles. The van der Waals surface area contributed by atoms with E-state index in [1.165, 1.54) is 19.1 Å². The molecule has 2 aromatic rings. The van der Waals surface area contributed by atoms with E-state index in [2.05, 4.69) is 18.2 Å². The Labute approximate surface area is 215 Å². The van der Waals surface area contributed by atoms with Crippen LogP contribution in [-0.4, -0.2) is 38.3 Å². The Morgan fingerprint density at radius 1 is 1.08 bits per heavy atom. The van der Waals surface area contributed by atoms with Gasteiger partial charge < -0.3 is 24.8 Å². The van der Waals surface area contributed by atoms with Crippen LogP contribution < -0.4 is 15.2 Å². The van der Waals surface area contributed by atoms with Crippen LogP contribution in [0, 0.1) is 45.3 Å². The van der Waals surface area contributed by atoms with Crippen molar-refractivity contribution < 1.29 is 19.0 Å². The number of allylic oxidation sites excluding steroid dienone is 2. The zero-order valence-electron chi connectivity index (χ0n) is 20.5. The minimum absolute atomic E-state index is 0.0950. The second-order valence-corrected chi connectivity index (χ2v) is 8.74. The van der Waals surface area contributed by atoms with E-state index in [1.54, 1.807) is 24.3 Å². The largest absolute Gasteiger partial charge is 0.493 e. The van der Waals surface area contributed by atoms with E-state index in [0.29, 0.717) is 22.6 Å². The summed E-state index contributed by atoms with van der Waals surface area (Å²) in [5.74, 6) is -0.472. The number of amides is 1. The molecule has 0 fully saturated rings. The average molecular weight is 496 g/mol. The highest BCUT2D eigenvalue weighted by Gasteiger charge is 2.55. The van der Waals surface area contributed by atoms with Gasteiger partial charge in [0.2, 0.25) is 0 Å². The average Bonchev–Trinajstić information content (AvgIpc) is 2.95. The normalized spacial score (nSPS) is 19.9. The quantitative estimate of drug-likeness (QED) is 0.660. The minimum atomic E-state index is -1.84. The van der Waals surface area contributed by atoms with Gasteiger partial charge in [0, 0.05) is 24.9 Å². The molecule has 2 aliphatic rings. The molecular formula is C28H25N5O4. The third kappa shape index (κ3) is 4.30. The smallest absolute Gasteiger partial charge is 0.410 e. The van der Waals surface area contributed by atoms with Gasteiger partial charge >= 0.3 is 6.09 Å². The zero-order valence-corrected chi connectivity index (χ0v) is 20.5. The molecule has 2 N–H and O–H groups in total. The summed E-state index contributed by atoms with van der Waals surface area (Å²) in [6.07, 6.45) is 1.21. The van der Waals surface area contributed by atoms with Crippen LogP contribution in [0.2, 0.25) is 0 Å². The summed E-state index contributed by atoms with van der Waals surface area (Å²) < 4.78 is 16.3. The first-order chi connectivity index (χ1) is 17.9. The van der Waals surface area contributed by atoms with Crippen LogP contribution in [0.15, 0.2) is 71.5 Å². The highest BCUT2D eigenvalue weighted by atomic mass is 16.6. The van der Waals surface area contributed by atoms with Gasteiger partial charge in [-0.25, -0.2) is 4.79 Å². The summed E-state index contributed by atoms with van der Waals surface area (Å²) in [5, 5.41) is 30.5. The molecule has 9 nitrogen and oxygen atoms in total. The van der Waals surface area contributed by atoms with Gasteiger partial charge in [0.25, 0.3) is 0 Å². The van der Waals surface area contributed by atoms with Crippen molar-refractivity contribution >= 4 is 6.09 Å². The fraction of sp³-hybridized carbons (Fsp3) is 0.286. The van der Waals surface area contributed by atoms with Crippen molar-refractivity contribution in [1.82, 2.24) is 4.90 Å². The predicted octanol–water partition coefficient (Wildman–Crippen LogP) is 3.77.